The molecule has 1 amide bonds. The summed E-state index contributed by atoms with van der Waals surface area (Å²) in [6, 6.07) is 8.01. The summed E-state index contributed by atoms with van der Waals surface area (Å²) >= 11 is 0. The molecule has 6 nitrogen and oxygen atoms in total. The first kappa shape index (κ1) is 19.1. The Labute approximate surface area is 155 Å². The molecule has 0 radical (unpaired) electrons. The molecule has 144 valence electrons. The second kappa shape index (κ2) is 8.37. The average molecular weight is 362 g/mol. The molecule has 1 aromatic rings. The van der Waals surface area contributed by atoms with Crippen LogP contribution < -0.4 is 4.74 Å². The van der Waals surface area contributed by atoms with E-state index in [4.69, 9.17) is 9.84 Å². The van der Waals surface area contributed by atoms with E-state index in [0.29, 0.717) is 13.2 Å². The molecule has 2 aliphatic rings. The quantitative estimate of drug-likeness (QED) is 0.825. The van der Waals surface area contributed by atoms with Crippen molar-refractivity contribution in [3.05, 3.63) is 29.8 Å². The van der Waals surface area contributed by atoms with Gasteiger partial charge in [0.25, 0.3) is 0 Å². The van der Waals surface area contributed by atoms with Gasteiger partial charge in [0.15, 0.2) is 0 Å². The normalized spacial score (nSPS) is 23.2. The smallest absolute Gasteiger partial charge is 0.219 e. The highest BCUT2D eigenvalue weighted by Gasteiger charge is 2.42. The summed E-state index contributed by atoms with van der Waals surface area (Å²) in [5, 5.41) is 19.1. The maximum absolute atomic E-state index is 11.8. The van der Waals surface area contributed by atoms with Crippen molar-refractivity contribution in [3.63, 3.8) is 0 Å². The fourth-order valence-electron chi connectivity index (χ4n) is 4.30. The van der Waals surface area contributed by atoms with Gasteiger partial charge in [-0.3, -0.25) is 9.69 Å². The minimum atomic E-state index is -0.403. The topological polar surface area (TPSA) is 73.2 Å². The van der Waals surface area contributed by atoms with Gasteiger partial charge in [-0.1, -0.05) is 12.1 Å². The summed E-state index contributed by atoms with van der Waals surface area (Å²) in [7, 11) is 0. The number of benzene rings is 1. The van der Waals surface area contributed by atoms with Gasteiger partial charge >= 0.3 is 0 Å². The van der Waals surface area contributed by atoms with E-state index in [9.17, 15) is 9.90 Å². The number of aliphatic hydroxyl groups excluding tert-OH is 2. The van der Waals surface area contributed by atoms with E-state index in [2.05, 4.69) is 11.0 Å². The maximum atomic E-state index is 11.8. The van der Waals surface area contributed by atoms with E-state index in [1.807, 2.05) is 23.1 Å². The molecule has 1 atom stereocenters. The number of nitrogens with zero attached hydrogens (tertiary/aromatic N) is 2. The van der Waals surface area contributed by atoms with Crippen LogP contribution in [0.3, 0.4) is 0 Å². The number of β-amino-alcohol motifs (C(OH)–C–C–N with tert-alkyl or cyclic N) is 1. The second-order valence-corrected chi connectivity index (χ2v) is 7.75. The average Bonchev–Trinajstić information content (AvgIpc) is 2.62. The van der Waals surface area contributed by atoms with Crippen LogP contribution in [0.15, 0.2) is 24.3 Å². The van der Waals surface area contributed by atoms with Crippen LogP contribution in [0, 0.1) is 5.41 Å². The van der Waals surface area contributed by atoms with Crippen molar-refractivity contribution >= 4 is 5.91 Å². The van der Waals surface area contributed by atoms with E-state index in [1.165, 1.54) is 5.56 Å². The maximum Gasteiger partial charge on any atom is 0.219 e. The van der Waals surface area contributed by atoms with Crippen molar-refractivity contribution in [2.75, 3.05) is 39.4 Å². The van der Waals surface area contributed by atoms with Gasteiger partial charge in [-0.2, -0.15) is 0 Å². The van der Waals surface area contributed by atoms with Crippen molar-refractivity contribution in [1.82, 2.24) is 9.80 Å². The lowest BCUT2D eigenvalue weighted by molar-refractivity contribution is -0.138. The molecule has 0 aliphatic carbocycles. The zero-order valence-corrected chi connectivity index (χ0v) is 15.6. The van der Waals surface area contributed by atoms with Gasteiger partial charge in [-0.05, 0) is 55.5 Å². The van der Waals surface area contributed by atoms with E-state index in [-0.39, 0.29) is 17.9 Å². The van der Waals surface area contributed by atoms with Gasteiger partial charge in [-0.15, -0.1) is 0 Å². The fraction of sp³-hybridized carbons (Fsp3) is 0.650. The molecule has 1 unspecified atom stereocenters. The minimum absolute atomic E-state index is 0.0154. The standard InChI is InChI=1S/C20H30N2O4/c1-16(24)22-14-18(25)12-20(15-22)5-7-21(8-6-20)13-17-3-2-4-19(11-17)26-10-9-23/h2-4,11,18,23,25H,5-10,12-15H2,1H3. The summed E-state index contributed by atoms with van der Waals surface area (Å²) in [4.78, 5) is 16.0. The van der Waals surface area contributed by atoms with Gasteiger partial charge < -0.3 is 19.8 Å². The van der Waals surface area contributed by atoms with Crippen molar-refractivity contribution in [2.45, 2.75) is 38.8 Å². The number of hydrogen-bond donors (Lipinski definition) is 2. The first-order valence-corrected chi connectivity index (χ1v) is 9.48. The van der Waals surface area contributed by atoms with E-state index in [1.54, 1.807) is 6.92 Å². The lowest BCUT2D eigenvalue weighted by Gasteiger charge is -2.49. The van der Waals surface area contributed by atoms with Crippen molar-refractivity contribution in [2.24, 2.45) is 5.41 Å². The fourth-order valence-corrected chi connectivity index (χ4v) is 4.30. The molecule has 2 heterocycles. The molecule has 0 aromatic heterocycles. The third-order valence-corrected chi connectivity index (χ3v) is 5.65. The second-order valence-electron chi connectivity index (χ2n) is 7.75. The van der Waals surface area contributed by atoms with Crippen LogP contribution in [0.4, 0.5) is 0 Å². The lowest BCUT2D eigenvalue weighted by atomic mass is 9.71. The van der Waals surface area contributed by atoms with Crippen LogP contribution >= 0.6 is 0 Å². The zero-order chi connectivity index (χ0) is 18.6. The molecule has 26 heavy (non-hydrogen) atoms. The van der Waals surface area contributed by atoms with Crippen LogP contribution in [0.1, 0.15) is 31.7 Å². The van der Waals surface area contributed by atoms with Crippen molar-refractivity contribution in [3.8, 4) is 5.75 Å². The number of piperidine rings is 2. The highest BCUT2D eigenvalue weighted by Crippen LogP contribution is 2.40. The summed E-state index contributed by atoms with van der Waals surface area (Å²) in [6.45, 7) is 5.98. The summed E-state index contributed by atoms with van der Waals surface area (Å²) in [5.41, 5.74) is 1.26. The molecular weight excluding hydrogens is 332 g/mol. The summed E-state index contributed by atoms with van der Waals surface area (Å²) in [5.74, 6) is 0.850. The van der Waals surface area contributed by atoms with Gasteiger partial charge in [0.1, 0.15) is 12.4 Å². The molecule has 1 spiro atoms. The molecule has 2 fully saturated rings. The summed E-state index contributed by atoms with van der Waals surface area (Å²) in [6.07, 6.45) is 2.41. The van der Waals surface area contributed by atoms with Crippen molar-refractivity contribution < 1.29 is 19.7 Å². The number of carbonyl (C=O) groups excluding carboxylic acids is 1. The van der Waals surface area contributed by atoms with Crippen LogP contribution in [-0.4, -0.2) is 71.4 Å². The number of ether oxygens (including phenoxy) is 1. The lowest BCUT2D eigenvalue weighted by Crippen LogP contribution is -2.54. The monoisotopic (exact) mass is 362 g/mol. The van der Waals surface area contributed by atoms with Crippen LogP contribution in [0.5, 0.6) is 5.75 Å². The van der Waals surface area contributed by atoms with Crippen LogP contribution in [0.25, 0.3) is 0 Å². The Balaban J connectivity index is 1.56. The number of aliphatic hydroxyl groups is 2. The molecule has 3 rings (SSSR count). The first-order valence-electron chi connectivity index (χ1n) is 9.48. The predicted octanol–water partition coefficient (Wildman–Crippen LogP) is 1.25. The Morgan fingerprint density at radius 3 is 2.81 bits per heavy atom. The molecule has 0 saturated carbocycles. The molecule has 0 bridgehead atoms. The molecule has 2 saturated heterocycles. The molecular formula is C20H30N2O4. The highest BCUT2D eigenvalue weighted by molar-refractivity contribution is 5.73. The minimum Gasteiger partial charge on any atom is -0.491 e. The van der Waals surface area contributed by atoms with Gasteiger partial charge in [0.2, 0.25) is 5.91 Å². The van der Waals surface area contributed by atoms with Crippen LogP contribution in [-0.2, 0) is 11.3 Å². The largest absolute Gasteiger partial charge is 0.491 e. The third kappa shape index (κ3) is 4.75. The number of carbonyl (C=O) groups is 1. The number of hydrogen-bond acceptors (Lipinski definition) is 5. The number of likely N-dealkylation sites (tertiary alicyclic amines) is 2. The zero-order valence-electron chi connectivity index (χ0n) is 15.6. The Hall–Kier alpha value is -1.63. The van der Waals surface area contributed by atoms with E-state index in [0.717, 1.165) is 51.2 Å². The first-order chi connectivity index (χ1) is 12.5. The highest BCUT2D eigenvalue weighted by atomic mass is 16.5. The number of amides is 1. The predicted molar refractivity (Wildman–Crippen MR) is 98.8 cm³/mol. The molecule has 6 heteroatoms. The third-order valence-electron chi connectivity index (χ3n) is 5.65. The Morgan fingerprint density at radius 1 is 1.35 bits per heavy atom. The van der Waals surface area contributed by atoms with Gasteiger partial charge in [-0.25, -0.2) is 0 Å². The summed E-state index contributed by atoms with van der Waals surface area (Å²) < 4.78 is 5.49. The Morgan fingerprint density at radius 2 is 2.12 bits per heavy atom. The molecule has 2 N–H and O–H groups in total. The van der Waals surface area contributed by atoms with Crippen LogP contribution in [0.2, 0.25) is 0 Å². The Bertz CT molecular complexity index is 614. The Kier molecular flexibility index (Phi) is 6.16. The van der Waals surface area contributed by atoms with E-state index < -0.39 is 6.10 Å². The SMILES string of the molecule is CC(=O)N1CC(O)CC2(CCN(Cc3cccc(OCCO)c3)CC2)C1. The number of rotatable bonds is 5. The molecule has 2 aliphatic heterocycles. The van der Waals surface area contributed by atoms with Gasteiger partial charge in [0, 0.05) is 26.6 Å². The van der Waals surface area contributed by atoms with E-state index >= 15 is 0 Å². The molecule has 1 aromatic carbocycles. The van der Waals surface area contributed by atoms with Crippen molar-refractivity contribution in [1.29, 1.82) is 0 Å². The van der Waals surface area contributed by atoms with Gasteiger partial charge in [0.05, 0.1) is 12.7 Å².